The molecule has 4 N–H and O–H groups in total. The van der Waals surface area contributed by atoms with Crippen molar-refractivity contribution in [1.82, 2.24) is 0 Å². The number of aromatic hydroxyl groups is 1. The van der Waals surface area contributed by atoms with E-state index in [0.29, 0.717) is 22.7 Å². The van der Waals surface area contributed by atoms with Crippen molar-refractivity contribution in [2.45, 2.75) is 6.92 Å². The maximum Gasteiger partial charge on any atom is 0.255 e. The Morgan fingerprint density at radius 3 is 2.65 bits per heavy atom. The van der Waals surface area contributed by atoms with E-state index in [1.54, 1.807) is 18.2 Å². The molecule has 0 aliphatic carbocycles. The van der Waals surface area contributed by atoms with Crippen LogP contribution >= 0.6 is 0 Å². The molecule has 0 atom stereocenters. The molecule has 0 unspecified atom stereocenters. The molecule has 104 valence electrons. The molecular weight excluding hydrogens is 256 g/mol. The predicted molar refractivity (Wildman–Crippen MR) is 78.2 cm³/mol. The number of phenolic OH excluding ortho intramolecular Hbond substituents is 1. The molecule has 0 aliphatic rings. The van der Waals surface area contributed by atoms with Gasteiger partial charge < -0.3 is 20.9 Å². The van der Waals surface area contributed by atoms with E-state index in [0.717, 1.165) is 5.56 Å². The van der Waals surface area contributed by atoms with E-state index in [2.05, 4.69) is 5.32 Å². The van der Waals surface area contributed by atoms with Crippen molar-refractivity contribution in [2.75, 3.05) is 18.2 Å². The smallest absolute Gasteiger partial charge is 0.255 e. The number of hydrogen-bond donors (Lipinski definition) is 3. The number of amides is 1. The summed E-state index contributed by atoms with van der Waals surface area (Å²) in [6, 6.07) is 9.83. The molecular formula is C15H16N2O3. The first-order chi connectivity index (χ1) is 9.51. The fraction of sp³-hybridized carbons (Fsp3) is 0.133. The second-order valence-corrected chi connectivity index (χ2v) is 4.43. The largest absolute Gasteiger partial charge is 0.504 e. The van der Waals surface area contributed by atoms with Gasteiger partial charge in [-0.1, -0.05) is 6.07 Å². The molecule has 0 heterocycles. The highest BCUT2D eigenvalue weighted by Gasteiger charge is 2.11. The number of nitrogens with one attached hydrogen (secondary N) is 1. The maximum atomic E-state index is 12.1. The standard InChI is InChI=1S/C15H16N2O3/c1-9-3-5-11(16)12(7-9)17-15(19)10-4-6-14(20-2)13(18)8-10/h3-8,18H,16H2,1-2H3,(H,17,19). The maximum absolute atomic E-state index is 12.1. The third kappa shape index (κ3) is 2.83. The van der Waals surface area contributed by atoms with Gasteiger partial charge in [0.15, 0.2) is 11.5 Å². The number of benzene rings is 2. The molecule has 20 heavy (non-hydrogen) atoms. The second-order valence-electron chi connectivity index (χ2n) is 4.43. The Morgan fingerprint density at radius 1 is 1.25 bits per heavy atom. The molecule has 0 spiro atoms. The minimum atomic E-state index is -0.347. The van der Waals surface area contributed by atoms with Crippen molar-refractivity contribution < 1.29 is 14.6 Å². The van der Waals surface area contributed by atoms with Crippen LogP contribution in [-0.4, -0.2) is 18.1 Å². The number of phenols is 1. The minimum absolute atomic E-state index is 0.0858. The van der Waals surface area contributed by atoms with Crippen LogP contribution in [0.3, 0.4) is 0 Å². The summed E-state index contributed by atoms with van der Waals surface area (Å²) < 4.78 is 4.93. The average molecular weight is 272 g/mol. The van der Waals surface area contributed by atoms with Crippen molar-refractivity contribution in [2.24, 2.45) is 0 Å². The van der Waals surface area contributed by atoms with E-state index in [9.17, 15) is 9.90 Å². The molecule has 0 fully saturated rings. The van der Waals surface area contributed by atoms with Gasteiger partial charge in [0.1, 0.15) is 0 Å². The molecule has 2 rings (SSSR count). The average Bonchev–Trinajstić information content (AvgIpc) is 2.42. The molecule has 0 aromatic heterocycles. The lowest BCUT2D eigenvalue weighted by molar-refractivity contribution is 0.102. The van der Waals surface area contributed by atoms with Crippen LogP contribution in [0.25, 0.3) is 0 Å². The zero-order valence-electron chi connectivity index (χ0n) is 11.3. The second kappa shape index (κ2) is 5.52. The van der Waals surface area contributed by atoms with E-state index in [1.165, 1.54) is 19.2 Å². The summed E-state index contributed by atoms with van der Waals surface area (Å²) in [5.74, 6) is -0.116. The lowest BCUT2D eigenvalue weighted by Gasteiger charge is -2.10. The first kappa shape index (κ1) is 13.7. The molecule has 1 amide bonds. The minimum Gasteiger partial charge on any atom is -0.504 e. The molecule has 2 aromatic rings. The molecule has 0 bridgehead atoms. The number of rotatable bonds is 3. The Hall–Kier alpha value is -2.69. The quantitative estimate of drug-likeness (QED) is 0.750. The fourth-order valence-electron chi connectivity index (χ4n) is 1.80. The van der Waals surface area contributed by atoms with Gasteiger partial charge in [0.2, 0.25) is 0 Å². The van der Waals surface area contributed by atoms with Gasteiger partial charge in [-0.05, 0) is 42.8 Å². The van der Waals surface area contributed by atoms with Gasteiger partial charge in [0.05, 0.1) is 18.5 Å². The summed E-state index contributed by atoms with van der Waals surface area (Å²) in [6.45, 7) is 1.91. The van der Waals surface area contributed by atoms with Crippen LogP contribution in [0, 0.1) is 6.92 Å². The Bertz CT molecular complexity index is 654. The third-order valence-electron chi connectivity index (χ3n) is 2.90. The van der Waals surface area contributed by atoms with E-state index < -0.39 is 0 Å². The van der Waals surface area contributed by atoms with Crippen molar-refractivity contribution in [1.29, 1.82) is 0 Å². The topological polar surface area (TPSA) is 84.6 Å². The number of aryl methyl sites for hydroxylation is 1. The monoisotopic (exact) mass is 272 g/mol. The zero-order valence-corrected chi connectivity index (χ0v) is 11.3. The van der Waals surface area contributed by atoms with Crippen LogP contribution in [0.15, 0.2) is 36.4 Å². The molecule has 0 saturated heterocycles. The number of nitrogens with two attached hydrogens (primary N) is 1. The van der Waals surface area contributed by atoms with Crippen LogP contribution in [0.2, 0.25) is 0 Å². The van der Waals surface area contributed by atoms with Gasteiger partial charge in [-0.3, -0.25) is 4.79 Å². The van der Waals surface area contributed by atoms with Gasteiger partial charge in [-0.25, -0.2) is 0 Å². The highest BCUT2D eigenvalue weighted by atomic mass is 16.5. The highest BCUT2D eigenvalue weighted by Crippen LogP contribution is 2.27. The summed E-state index contributed by atoms with van der Waals surface area (Å²) in [5, 5.41) is 12.4. The van der Waals surface area contributed by atoms with E-state index in [4.69, 9.17) is 10.5 Å². The first-order valence-corrected chi connectivity index (χ1v) is 6.05. The van der Waals surface area contributed by atoms with Crippen molar-refractivity contribution in [3.63, 3.8) is 0 Å². The fourth-order valence-corrected chi connectivity index (χ4v) is 1.80. The zero-order chi connectivity index (χ0) is 14.7. The van der Waals surface area contributed by atoms with Gasteiger partial charge >= 0.3 is 0 Å². The van der Waals surface area contributed by atoms with Crippen molar-refractivity contribution in [3.8, 4) is 11.5 Å². The summed E-state index contributed by atoms with van der Waals surface area (Å²) in [5.41, 5.74) is 8.16. The Labute approximate surface area is 117 Å². The number of nitrogen functional groups attached to an aromatic ring is 1. The predicted octanol–water partition coefficient (Wildman–Crippen LogP) is 2.54. The van der Waals surface area contributed by atoms with Crippen molar-refractivity contribution >= 4 is 17.3 Å². The number of carbonyl (C=O) groups excluding carboxylic acids is 1. The van der Waals surface area contributed by atoms with Gasteiger partial charge in [0, 0.05) is 5.56 Å². The van der Waals surface area contributed by atoms with E-state index in [-0.39, 0.29) is 11.7 Å². The third-order valence-corrected chi connectivity index (χ3v) is 2.90. The summed E-state index contributed by atoms with van der Waals surface area (Å²) in [7, 11) is 1.45. The summed E-state index contributed by atoms with van der Waals surface area (Å²) in [4.78, 5) is 12.1. The van der Waals surface area contributed by atoms with Gasteiger partial charge in [0.25, 0.3) is 5.91 Å². The highest BCUT2D eigenvalue weighted by molar-refractivity contribution is 6.06. The molecule has 5 heteroatoms. The molecule has 5 nitrogen and oxygen atoms in total. The number of anilines is 2. The number of hydrogen-bond acceptors (Lipinski definition) is 4. The van der Waals surface area contributed by atoms with Crippen LogP contribution in [0.5, 0.6) is 11.5 Å². The lowest BCUT2D eigenvalue weighted by Crippen LogP contribution is -2.13. The van der Waals surface area contributed by atoms with Gasteiger partial charge in [-0.2, -0.15) is 0 Å². The first-order valence-electron chi connectivity index (χ1n) is 6.05. The van der Waals surface area contributed by atoms with Gasteiger partial charge in [-0.15, -0.1) is 0 Å². The molecule has 0 saturated carbocycles. The Balaban J connectivity index is 2.24. The van der Waals surface area contributed by atoms with E-state index in [1.807, 2.05) is 13.0 Å². The SMILES string of the molecule is COc1ccc(C(=O)Nc2cc(C)ccc2N)cc1O. The number of ether oxygens (including phenoxy) is 1. The van der Waals surface area contributed by atoms with Crippen molar-refractivity contribution in [3.05, 3.63) is 47.5 Å². The number of methoxy groups -OCH3 is 1. The molecule has 0 radical (unpaired) electrons. The molecule has 2 aromatic carbocycles. The Morgan fingerprint density at radius 2 is 2.00 bits per heavy atom. The van der Waals surface area contributed by atoms with Crippen LogP contribution in [-0.2, 0) is 0 Å². The number of carbonyl (C=O) groups is 1. The lowest BCUT2D eigenvalue weighted by atomic mass is 10.1. The van der Waals surface area contributed by atoms with E-state index >= 15 is 0 Å². The van der Waals surface area contributed by atoms with Crippen LogP contribution in [0.4, 0.5) is 11.4 Å². The Kier molecular flexibility index (Phi) is 3.79. The normalized spacial score (nSPS) is 10.1. The molecule has 0 aliphatic heterocycles. The van der Waals surface area contributed by atoms with Crippen LogP contribution < -0.4 is 15.8 Å². The summed E-state index contributed by atoms with van der Waals surface area (Å²) >= 11 is 0. The van der Waals surface area contributed by atoms with Crippen LogP contribution in [0.1, 0.15) is 15.9 Å². The summed E-state index contributed by atoms with van der Waals surface area (Å²) in [6.07, 6.45) is 0.